The van der Waals surface area contributed by atoms with E-state index < -0.39 is 0 Å². The van der Waals surface area contributed by atoms with E-state index in [1.165, 1.54) is 11.1 Å². The van der Waals surface area contributed by atoms with E-state index >= 15 is 0 Å². The molecule has 0 spiro atoms. The highest BCUT2D eigenvalue weighted by atomic mass is 14.7. The second-order valence-corrected chi connectivity index (χ2v) is 2.96. The maximum atomic E-state index is 4.30. The lowest BCUT2D eigenvalue weighted by atomic mass is 10.1. The lowest BCUT2D eigenvalue weighted by Gasteiger charge is -2.02. The summed E-state index contributed by atoms with van der Waals surface area (Å²) in [5.74, 6) is 0. The van der Waals surface area contributed by atoms with Crippen molar-refractivity contribution < 1.29 is 0 Å². The van der Waals surface area contributed by atoms with Crippen molar-refractivity contribution in [1.29, 1.82) is 0 Å². The maximum Gasteiger partial charge on any atom is 0.0701 e. The van der Waals surface area contributed by atoms with Gasteiger partial charge in [-0.3, -0.25) is 4.98 Å². The van der Waals surface area contributed by atoms with E-state index in [2.05, 4.69) is 36.2 Å². The summed E-state index contributed by atoms with van der Waals surface area (Å²) in [7, 11) is 0. The van der Waals surface area contributed by atoms with Crippen LogP contribution >= 0.6 is 0 Å². The molecule has 0 bridgehead atoms. The molecule has 1 heterocycles. The van der Waals surface area contributed by atoms with Gasteiger partial charge in [0, 0.05) is 11.8 Å². The quantitative estimate of drug-likeness (QED) is 0.564. The van der Waals surface area contributed by atoms with Gasteiger partial charge in [0.2, 0.25) is 0 Å². The van der Waals surface area contributed by atoms with Crippen molar-refractivity contribution in [3.8, 4) is 0 Å². The molecule has 1 aromatic heterocycles. The van der Waals surface area contributed by atoms with Crippen LogP contribution in [-0.4, -0.2) is 4.98 Å². The van der Waals surface area contributed by atoms with Crippen molar-refractivity contribution in [3.63, 3.8) is 0 Å². The third-order valence-corrected chi connectivity index (χ3v) is 2.10. The van der Waals surface area contributed by atoms with Crippen molar-refractivity contribution in [2.45, 2.75) is 13.3 Å². The molecule has 0 saturated heterocycles. The predicted octanol–water partition coefficient (Wildman–Crippen LogP) is 2.90. The predicted molar refractivity (Wildman–Crippen MR) is 51.5 cm³/mol. The normalized spacial score (nSPS) is 14.9. The molecule has 1 heteroatoms. The molecule has 60 valence electrons. The number of rotatable bonds is 0. The van der Waals surface area contributed by atoms with Crippen LogP contribution in [0.25, 0.3) is 11.6 Å². The number of aromatic nitrogens is 1. The third-order valence-electron chi connectivity index (χ3n) is 2.10. The van der Waals surface area contributed by atoms with Crippen molar-refractivity contribution in [2.75, 3.05) is 0 Å². The Morgan fingerprint density at radius 2 is 2.33 bits per heavy atom. The van der Waals surface area contributed by atoms with Gasteiger partial charge in [-0.1, -0.05) is 18.2 Å². The Morgan fingerprint density at radius 1 is 1.42 bits per heavy atom. The zero-order valence-electron chi connectivity index (χ0n) is 7.12. The summed E-state index contributed by atoms with van der Waals surface area (Å²) < 4.78 is 0. The summed E-state index contributed by atoms with van der Waals surface area (Å²) in [6.07, 6.45) is 9.30. The van der Waals surface area contributed by atoms with Crippen molar-refractivity contribution in [3.05, 3.63) is 41.7 Å². The van der Waals surface area contributed by atoms with Crippen molar-refractivity contribution in [2.24, 2.45) is 0 Å². The van der Waals surface area contributed by atoms with Crippen molar-refractivity contribution in [1.82, 2.24) is 4.98 Å². The molecule has 0 atom stereocenters. The highest BCUT2D eigenvalue weighted by Gasteiger charge is 2.03. The SMILES string of the molecule is CC1=CCC=Cc2ncccc21. The summed E-state index contributed by atoms with van der Waals surface area (Å²) >= 11 is 0. The van der Waals surface area contributed by atoms with Gasteiger partial charge in [0.25, 0.3) is 0 Å². The van der Waals surface area contributed by atoms with Crippen molar-refractivity contribution >= 4 is 11.6 Å². The summed E-state index contributed by atoms with van der Waals surface area (Å²) in [5.41, 5.74) is 3.66. The van der Waals surface area contributed by atoms with E-state index in [1.54, 1.807) is 0 Å². The Kier molecular flexibility index (Phi) is 1.78. The minimum Gasteiger partial charge on any atom is -0.256 e. The molecule has 0 saturated carbocycles. The molecule has 1 aliphatic rings. The molecule has 0 N–H and O–H groups in total. The highest BCUT2D eigenvalue weighted by molar-refractivity contribution is 5.72. The fourth-order valence-electron chi connectivity index (χ4n) is 1.42. The molecule has 12 heavy (non-hydrogen) atoms. The highest BCUT2D eigenvalue weighted by Crippen LogP contribution is 2.21. The molecular formula is C11H11N. The van der Waals surface area contributed by atoms with Crippen LogP contribution in [0.2, 0.25) is 0 Å². The molecule has 0 unspecified atom stereocenters. The van der Waals surface area contributed by atoms with Crippen LogP contribution < -0.4 is 0 Å². The van der Waals surface area contributed by atoms with Gasteiger partial charge in [-0.05, 0) is 31.1 Å². The van der Waals surface area contributed by atoms with Gasteiger partial charge in [-0.2, -0.15) is 0 Å². The largest absolute Gasteiger partial charge is 0.256 e. The lowest BCUT2D eigenvalue weighted by molar-refractivity contribution is 1.27. The minimum absolute atomic E-state index is 1.02. The van der Waals surface area contributed by atoms with E-state index in [1.807, 2.05) is 12.3 Å². The van der Waals surface area contributed by atoms with Gasteiger partial charge in [0.15, 0.2) is 0 Å². The van der Waals surface area contributed by atoms with E-state index in [0.717, 1.165) is 12.1 Å². The zero-order valence-corrected chi connectivity index (χ0v) is 7.12. The summed E-state index contributed by atoms with van der Waals surface area (Å²) in [6.45, 7) is 2.13. The number of nitrogens with zero attached hydrogens (tertiary/aromatic N) is 1. The Morgan fingerprint density at radius 3 is 3.25 bits per heavy atom. The maximum absolute atomic E-state index is 4.30. The monoisotopic (exact) mass is 157 g/mol. The molecule has 0 aromatic carbocycles. The average molecular weight is 157 g/mol. The fourth-order valence-corrected chi connectivity index (χ4v) is 1.42. The van der Waals surface area contributed by atoms with Crippen LogP contribution in [0.4, 0.5) is 0 Å². The van der Waals surface area contributed by atoms with Crippen LogP contribution in [0.3, 0.4) is 0 Å². The van der Waals surface area contributed by atoms with Gasteiger partial charge in [0.05, 0.1) is 5.69 Å². The summed E-state index contributed by atoms with van der Waals surface area (Å²) in [4.78, 5) is 4.30. The molecule has 1 aromatic rings. The van der Waals surface area contributed by atoms with Crippen LogP contribution in [0.1, 0.15) is 24.6 Å². The van der Waals surface area contributed by atoms with Gasteiger partial charge in [-0.15, -0.1) is 0 Å². The zero-order chi connectivity index (χ0) is 8.39. The first-order valence-electron chi connectivity index (χ1n) is 4.16. The summed E-state index contributed by atoms with van der Waals surface area (Å²) in [6, 6.07) is 4.10. The van der Waals surface area contributed by atoms with Crippen LogP contribution in [-0.2, 0) is 0 Å². The van der Waals surface area contributed by atoms with Gasteiger partial charge in [-0.25, -0.2) is 0 Å². The second-order valence-electron chi connectivity index (χ2n) is 2.96. The molecule has 0 amide bonds. The Bertz CT molecular complexity index is 348. The lowest BCUT2D eigenvalue weighted by Crippen LogP contribution is -1.87. The van der Waals surface area contributed by atoms with Gasteiger partial charge >= 0.3 is 0 Å². The molecular weight excluding hydrogens is 146 g/mol. The van der Waals surface area contributed by atoms with E-state index in [-0.39, 0.29) is 0 Å². The van der Waals surface area contributed by atoms with E-state index in [9.17, 15) is 0 Å². The molecule has 0 fully saturated rings. The first-order valence-corrected chi connectivity index (χ1v) is 4.16. The standard InChI is InChI=1S/C11H11N/c1-9-5-2-3-7-11-10(9)6-4-8-12-11/h3-8H,2H2,1H3. The first-order chi connectivity index (χ1) is 5.88. The van der Waals surface area contributed by atoms with Gasteiger partial charge in [0.1, 0.15) is 0 Å². The third kappa shape index (κ3) is 1.18. The van der Waals surface area contributed by atoms with Crippen LogP contribution in [0, 0.1) is 0 Å². The van der Waals surface area contributed by atoms with Crippen LogP contribution in [0.15, 0.2) is 30.5 Å². The molecule has 0 radical (unpaired) electrons. The number of pyridine rings is 1. The molecule has 0 aliphatic heterocycles. The average Bonchev–Trinajstić information content (AvgIpc) is 2.29. The number of allylic oxidation sites excluding steroid dienone is 3. The minimum atomic E-state index is 1.02. The number of hydrogen-bond acceptors (Lipinski definition) is 1. The fraction of sp³-hybridized carbons (Fsp3) is 0.182. The smallest absolute Gasteiger partial charge is 0.0701 e. The van der Waals surface area contributed by atoms with Gasteiger partial charge < -0.3 is 0 Å². The number of fused-ring (bicyclic) bond motifs is 1. The molecule has 2 rings (SSSR count). The van der Waals surface area contributed by atoms with Crippen LogP contribution in [0.5, 0.6) is 0 Å². The first kappa shape index (κ1) is 7.29. The molecule has 1 aliphatic carbocycles. The summed E-state index contributed by atoms with van der Waals surface area (Å²) in [5, 5.41) is 0. The second kappa shape index (κ2) is 2.94. The van der Waals surface area contributed by atoms with E-state index in [0.29, 0.717) is 0 Å². The Labute approximate surface area is 72.5 Å². The Balaban J connectivity index is 2.62. The van der Waals surface area contributed by atoms with E-state index in [4.69, 9.17) is 0 Å². The Hall–Kier alpha value is -1.37. The number of hydrogen-bond donors (Lipinski definition) is 0. The topological polar surface area (TPSA) is 12.9 Å². The molecule has 1 nitrogen and oxygen atoms in total.